The van der Waals surface area contributed by atoms with Crippen molar-refractivity contribution in [2.75, 3.05) is 6.54 Å². The van der Waals surface area contributed by atoms with Gasteiger partial charge in [0.1, 0.15) is 0 Å². The fourth-order valence-corrected chi connectivity index (χ4v) is 2.89. The molecule has 0 aliphatic heterocycles. The Balaban J connectivity index is 2.14. The van der Waals surface area contributed by atoms with Gasteiger partial charge < -0.3 is 15.3 Å². The molecule has 2 aromatic rings. The topological polar surface area (TPSA) is 69.6 Å². The van der Waals surface area contributed by atoms with Gasteiger partial charge in [0.2, 0.25) is 0 Å². The van der Waals surface area contributed by atoms with Gasteiger partial charge in [0.25, 0.3) is 5.91 Å². The van der Waals surface area contributed by atoms with Gasteiger partial charge in [0.05, 0.1) is 5.56 Å². The summed E-state index contributed by atoms with van der Waals surface area (Å²) in [6.07, 6.45) is 1.89. The van der Waals surface area contributed by atoms with Crippen molar-refractivity contribution in [3.05, 3.63) is 70.8 Å². The Bertz CT molecular complexity index is 785. The molecule has 0 saturated carbocycles. The van der Waals surface area contributed by atoms with Crippen molar-refractivity contribution >= 4 is 11.9 Å². The van der Waals surface area contributed by atoms with E-state index in [4.69, 9.17) is 0 Å². The molecular weight excluding hydrogens is 352 g/mol. The van der Waals surface area contributed by atoms with Crippen LogP contribution >= 0.6 is 0 Å². The number of carbonyl (C=O) groups is 2. The predicted molar refractivity (Wildman–Crippen MR) is 111 cm³/mol. The Morgan fingerprint density at radius 1 is 1.04 bits per heavy atom. The molecule has 0 unspecified atom stereocenters. The Hall–Kier alpha value is -2.66. The SMILES string of the molecule is CCCCN(Cc1cccc(C(=O)O)c1)C(=O)c1ccc(CNC(C)C)cc1. The van der Waals surface area contributed by atoms with Crippen molar-refractivity contribution in [1.82, 2.24) is 10.2 Å². The molecule has 5 nitrogen and oxygen atoms in total. The number of nitrogens with one attached hydrogen (secondary N) is 1. The molecule has 0 fully saturated rings. The summed E-state index contributed by atoms with van der Waals surface area (Å²) in [7, 11) is 0. The number of aromatic carboxylic acids is 1. The van der Waals surface area contributed by atoms with Gasteiger partial charge in [-0.05, 0) is 41.8 Å². The van der Waals surface area contributed by atoms with E-state index in [1.165, 1.54) is 0 Å². The number of benzene rings is 2. The third-order valence-electron chi connectivity index (χ3n) is 4.53. The maximum absolute atomic E-state index is 13.0. The van der Waals surface area contributed by atoms with Crippen LogP contribution in [0, 0.1) is 0 Å². The standard InChI is InChI=1S/C23H30N2O3/c1-4-5-13-25(16-19-7-6-8-21(14-19)23(27)28)22(26)20-11-9-18(10-12-20)15-24-17(2)3/h6-12,14,17,24H,4-5,13,15-16H2,1-3H3,(H,27,28). The number of carboxylic acids is 1. The molecule has 2 rings (SSSR count). The first kappa shape index (κ1) is 21.6. The zero-order valence-corrected chi connectivity index (χ0v) is 16.9. The van der Waals surface area contributed by atoms with Crippen LogP contribution in [-0.4, -0.2) is 34.5 Å². The van der Waals surface area contributed by atoms with Crippen molar-refractivity contribution < 1.29 is 14.7 Å². The smallest absolute Gasteiger partial charge is 0.335 e. The molecule has 0 heterocycles. The molecule has 150 valence electrons. The summed E-state index contributed by atoms with van der Waals surface area (Å²) in [5.74, 6) is -0.989. The summed E-state index contributed by atoms with van der Waals surface area (Å²) in [6.45, 7) is 8.10. The first-order chi connectivity index (χ1) is 13.4. The lowest BCUT2D eigenvalue weighted by Crippen LogP contribution is -2.31. The third kappa shape index (κ3) is 6.50. The molecular formula is C23H30N2O3. The molecule has 0 atom stereocenters. The Labute approximate surface area is 167 Å². The maximum Gasteiger partial charge on any atom is 0.335 e. The number of nitrogens with zero attached hydrogens (tertiary/aromatic N) is 1. The monoisotopic (exact) mass is 382 g/mol. The van der Waals surface area contributed by atoms with E-state index >= 15 is 0 Å². The molecule has 0 radical (unpaired) electrons. The van der Waals surface area contributed by atoms with E-state index < -0.39 is 5.97 Å². The lowest BCUT2D eigenvalue weighted by Gasteiger charge is -2.23. The Kier molecular flexibility index (Phi) is 8.20. The van der Waals surface area contributed by atoms with Gasteiger partial charge in [-0.3, -0.25) is 4.79 Å². The molecule has 1 amide bonds. The van der Waals surface area contributed by atoms with Crippen LogP contribution in [0.4, 0.5) is 0 Å². The van der Waals surface area contributed by atoms with E-state index in [9.17, 15) is 14.7 Å². The summed E-state index contributed by atoms with van der Waals surface area (Å²) in [5.41, 5.74) is 2.85. The minimum absolute atomic E-state index is 0.0300. The zero-order valence-electron chi connectivity index (χ0n) is 16.9. The average Bonchev–Trinajstić information content (AvgIpc) is 2.69. The third-order valence-corrected chi connectivity index (χ3v) is 4.53. The van der Waals surface area contributed by atoms with E-state index in [1.807, 2.05) is 30.3 Å². The number of carbonyl (C=O) groups excluding carboxylic acids is 1. The maximum atomic E-state index is 13.0. The molecule has 0 aliphatic rings. The van der Waals surface area contributed by atoms with Crippen molar-refractivity contribution in [2.45, 2.75) is 52.7 Å². The molecule has 28 heavy (non-hydrogen) atoms. The molecule has 5 heteroatoms. The molecule has 0 aliphatic carbocycles. The number of hydrogen-bond acceptors (Lipinski definition) is 3. The first-order valence-electron chi connectivity index (χ1n) is 9.84. The fraction of sp³-hybridized carbons (Fsp3) is 0.391. The van der Waals surface area contributed by atoms with E-state index in [2.05, 4.69) is 26.1 Å². The van der Waals surface area contributed by atoms with Gasteiger partial charge in [-0.2, -0.15) is 0 Å². The van der Waals surface area contributed by atoms with Crippen LogP contribution in [0.3, 0.4) is 0 Å². The Morgan fingerprint density at radius 3 is 2.36 bits per heavy atom. The van der Waals surface area contributed by atoms with E-state index in [0.29, 0.717) is 24.7 Å². The largest absolute Gasteiger partial charge is 0.478 e. The summed E-state index contributed by atoms with van der Waals surface area (Å²) in [5, 5.41) is 12.6. The number of rotatable bonds is 10. The second kappa shape index (κ2) is 10.6. The van der Waals surface area contributed by atoms with E-state index in [0.717, 1.165) is 30.5 Å². The number of hydrogen-bond donors (Lipinski definition) is 2. The van der Waals surface area contributed by atoms with Crippen molar-refractivity contribution in [3.63, 3.8) is 0 Å². The highest BCUT2D eigenvalue weighted by atomic mass is 16.4. The van der Waals surface area contributed by atoms with Gasteiger partial charge in [-0.1, -0.05) is 51.5 Å². The van der Waals surface area contributed by atoms with Crippen LogP contribution in [0.2, 0.25) is 0 Å². The molecule has 2 N–H and O–H groups in total. The van der Waals surface area contributed by atoms with Crippen molar-refractivity contribution in [2.24, 2.45) is 0 Å². The van der Waals surface area contributed by atoms with Crippen LogP contribution in [0.5, 0.6) is 0 Å². The van der Waals surface area contributed by atoms with Gasteiger partial charge in [-0.15, -0.1) is 0 Å². The zero-order chi connectivity index (χ0) is 20.5. The average molecular weight is 383 g/mol. The minimum Gasteiger partial charge on any atom is -0.478 e. The number of amides is 1. The van der Waals surface area contributed by atoms with E-state index in [1.54, 1.807) is 23.1 Å². The lowest BCUT2D eigenvalue weighted by atomic mass is 10.1. The summed E-state index contributed by atoms with van der Waals surface area (Å²) < 4.78 is 0. The number of carboxylic acid groups (broad SMARTS) is 1. The van der Waals surface area contributed by atoms with Gasteiger partial charge in [0.15, 0.2) is 0 Å². The first-order valence-corrected chi connectivity index (χ1v) is 9.84. The quantitative estimate of drug-likeness (QED) is 0.642. The highest BCUT2D eigenvalue weighted by Gasteiger charge is 2.16. The molecule has 0 aromatic heterocycles. The van der Waals surface area contributed by atoms with Crippen molar-refractivity contribution in [3.8, 4) is 0 Å². The summed E-state index contributed by atoms with van der Waals surface area (Å²) >= 11 is 0. The Morgan fingerprint density at radius 2 is 1.75 bits per heavy atom. The van der Waals surface area contributed by atoms with Gasteiger partial charge in [0, 0.05) is 31.2 Å². The molecule has 0 spiro atoms. The second-order valence-electron chi connectivity index (χ2n) is 7.32. The normalized spacial score (nSPS) is 10.9. The summed E-state index contributed by atoms with van der Waals surface area (Å²) in [6, 6.07) is 14.9. The van der Waals surface area contributed by atoms with Crippen LogP contribution in [0.25, 0.3) is 0 Å². The fourth-order valence-electron chi connectivity index (χ4n) is 2.89. The van der Waals surface area contributed by atoms with Crippen LogP contribution in [0.15, 0.2) is 48.5 Å². The predicted octanol–water partition coefficient (Wildman–Crippen LogP) is 4.33. The lowest BCUT2D eigenvalue weighted by molar-refractivity contribution is 0.0696. The molecule has 0 bridgehead atoms. The summed E-state index contributed by atoms with van der Waals surface area (Å²) in [4.78, 5) is 26.1. The molecule has 0 saturated heterocycles. The van der Waals surface area contributed by atoms with Gasteiger partial charge >= 0.3 is 5.97 Å². The second-order valence-corrected chi connectivity index (χ2v) is 7.32. The highest BCUT2D eigenvalue weighted by molar-refractivity contribution is 5.94. The van der Waals surface area contributed by atoms with Crippen LogP contribution < -0.4 is 5.32 Å². The minimum atomic E-state index is -0.959. The number of unbranched alkanes of at least 4 members (excludes halogenated alkanes) is 1. The van der Waals surface area contributed by atoms with Crippen LogP contribution in [0.1, 0.15) is 65.5 Å². The van der Waals surface area contributed by atoms with E-state index in [-0.39, 0.29) is 11.5 Å². The van der Waals surface area contributed by atoms with Crippen LogP contribution in [-0.2, 0) is 13.1 Å². The molecule has 2 aromatic carbocycles. The van der Waals surface area contributed by atoms with Gasteiger partial charge in [-0.25, -0.2) is 4.79 Å². The highest BCUT2D eigenvalue weighted by Crippen LogP contribution is 2.14. The van der Waals surface area contributed by atoms with Crippen molar-refractivity contribution in [1.29, 1.82) is 0 Å².